The fraction of sp³-hybridized carbons (Fsp3) is 1.00. The molecule has 0 aromatic rings. The summed E-state index contributed by atoms with van der Waals surface area (Å²) < 4.78 is 5.57. The zero-order chi connectivity index (χ0) is 11.4. The molecule has 1 N–H and O–H groups in total. The van der Waals surface area contributed by atoms with E-state index in [0.29, 0.717) is 11.6 Å². The first-order valence-corrected chi connectivity index (χ1v) is 6.86. The quantitative estimate of drug-likeness (QED) is 0.788. The van der Waals surface area contributed by atoms with Crippen molar-refractivity contribution in [3.8, 4) is 0 Å². The lowest BCUT2D eigenvalue weighted by atomic mass is 9.92. The van der Waals surface area contributed by atoms with Crippen LogP contribution in [0.2, 0.25) is 0 Å². The molecule has 3 heteroatoms. The Morgan fingerprint density at radius 2 is 2.31 bits per heavy atom. The first-order valence-electron chi connectivity index (χ1n) is 6.86. The molecular formula is C13H26N2O. The van der Waals surface area contributed by atoms with Crippen molar-refractivity contribution in [3.63, 3.8) is 0 Å². The van der Waals surface area contributed by atoms with Gasteiger partial charge < -0.3 is 10.1 Å². The number of hydrogen-bond donors (Lipinski definition) is 1. The maximum Gasteiger partial charge on any atom is 0.0622 e. The molecule has 0 spiro atoms. The molecule has 0 aromatic carbocycles. The Balaban J connectivity index is 1.95. The molecule has 2 atom stereocenters. The molecule has 2 unspecified atom stereocenters. The van der Waals surface area contributed by atoms with Crippen LogP contribution < -0.4 is 5.32 Å². The Hall–Kier alpha value is -0.120. The maximum absolute atomic E-state index is 5.57. The second kappa shape index (κ2) is 5.48. The van der Waals surface area contributed by atoms with Crippen LogP contribution in [0, 0.1) is 0 Å². The van der Waals surface area contributed by atoms with Crippen LogP contribution in [0.1, 0.15) is 39.5 Å². The summed E-state index contributed by atoms with van der Waals surface area (Å²) >= 11 is 0. The summed E-state index contributed by atoms with van der Waals surface area (Å²) in [6.07, 6.45) is 5.15. The van der Waals surface area contributed by atoms with E-state index in [4.69, 9.17) is 4.74 Å². The van der Waals surface area contributed by atoms with E-state index in [0.717, 1.165) is 19.8 Å². The van der Waals surface area contributed by atoms with Gasteiger partial charge >= 0.3 is 0 Å². The van der Waals surface area contributed by atoms with Gasteiger partial charge in [-0.1, -0.05) is 13.8 Å². The molecule has 2 saturated heterocycles. The molecule has 2 heterocycles. The number of hydrogen-bond acceptors (Lipinski definition) is 3. The van der Waals surface area contributed by atoms with Crippen LogP contribution in [0.4, 0.5) is 0 Å². The summed E-state index contributed by atoms with van der Waals surface area (Å²) in [6.45, 7) is 9.96. The van der Waals surface area contributed by atoms with Gasteiger partial charge in [0.25, 0.3) is 0 Å². The molecule has 0 aromatic heterocycles. The number of rotatable bonds is 4. The zero-order valence-electron chi connectivity index (χ0n) is 10.8. The fourth-order valence-electron chi connectivity index (χ4n) is 3.08. The first-order chi connectivity index (χ1) is 7.79. The van der Waals surface area contributed by atoms with E-state index in [1.807, 2.05) is 0 Å². The van der Waals surface area contributed by atoms with Gasteiger partial charge in [-0.2, -0.15) is 0 Å². The van der Waals surface area contributed by atoms with Crippen molar-refractivity contribution in [3.05, 3.63) is 0 Å². The smallest absolute Gasteiger partial charge is 0.0622 e. The summed E-state index contributed by atoms with van der Waals surface area (Å²) in [5.74, 6) is 0. The summed E-state index contributed by atoms with van der Waals surface area (Å²) in [7, 11) is 0. The van der Waals surface area contributed by atoms with Crippen molar-refractivity contribution in [1.82, 2.24) is 10.2 Å². The van der Waals surface area contributed by atoms with E-state index >= 15 is 0 Å². The van der Waals surface area contributed by atoms with Crippen molar-refractivity contribution in [2.45, 2.75) is 51.1 Å². The van der Waals surface area contributed by atoms with Gasteiger partial charge in [0.15, 0.2) is 0 Å². The molecule has 0 amide bonds. The molecule has 94 valence electrons. The lowest BCUT2D eigenvalue weighted by molar-refractivity contribution is -0.0203. The van der Waals surface area contributed by atoms with Crippen molar-refractivity contribution in [2.75, 3.05) is 32.8 Å². The number of ether oxygens (including phenoxy) is 1. The van der Waals surface area contributed by atoms with E-state index in [2.05, 4.69) is 24.1 Å². The van der Waals surface area contributed by atoms with E-state index in [9.17, 15) is 0 Å². The van der Waals surface area contributed by atoms with Gasteiger partial charge in [-0.15, -0.1) is 0 Å². The minimum absolute atomic E-state index is 0.394. The Kier molecular flexibility index (Phi) is 4.22. The van der Waals surface area contributed by atoms with Crippen LogP contribution in [-0.2, 0) is 4.74 Å². The SMILES string of the molecule is CCC1COCCN1CC1(CC)CCCN1. The van der Waals surface area contributed by atoms with E-state index in [1.54, 1.807) is 0 Å². The van der Waals surface area contributed by atoms with E-state index < -0.39 is 0 Å². The second-order valence-electron chi connectivity index (χ2n) is 5.27. The number of nitrogens with zero attached hydrogens (tertiary/aromatic N) is 1. The van der Waals surface area contributed by atoms with Crippen LogP contribution in [0.25, 0.3) is 0 Å². The van der Waals surface area contributed by atoms with Crippen LogP contribution in [0.15, 0.2) is 0 Å². The monoisotopic (exact) mass is 226 g/mol. The van der Waals surface area contributed by atoms with E-state index in [1.165, 1.54) is 38.8 Å². The molecule has 3 nitrogen and oxygen atoms in total. The molecule has 2 fully saturated rings. The Morgan fingerprint density at radius 1 is 1.44 bits per heavy atom. The van der Waals surface area contributed by atoms with Crippen LogP contribution in [0.5, 0.6) is 0 Å². The van der Waals surface area contributed by atoms with Gasteiger partial charge in [-0.05, 0) is 32.2 Å². The van der Waals surface area contributed by atoms with Crippen LogP contribution in [0.3, 0.4) is 0 Å². The molecule has 16 heavy (non-hydrogen) atoms. The summed E-state index contributed by atoms with van der Waals surface area (Å²) in [4.78, 5) is 2.64. The molecular weight excluding hydrogens is 200 g/mol. The minimum atomic E-state index is 0.394. The first kappa shape index (κ1) is 12.3. The van der Waals surface area contributed by atoms with Gasteiger partial charge in [0.2, 0.25) is 0 Å². The molecule has 2 aliphatic rings. The van der Waals surface area contributed by atoms with Gasteiger partial charge in [-0.3, -0.25) is 4.90 Å². The summed E-state index contributed by atoms with van der Waals surface area (Å²) in [6, 6.07) is 0.638. The number of nitrogens with one attached hydrogen (secondary N) is 1. The highest BCUT2D eigenvalue weighted by molar-refractivity contribution is 4.96. The highest BCUT2D eigenvalue weighted by Crippen LogP contribution is 2.26. The summed E-state index contributed by atoms with van der Waals surface area (Å²) in [5, 5.41) is 3.73. The number of morpholine rings is 1. The molecule has 2 rings (SSSR count). The maximum atomic E-state index is 5.57. The molecule has 0 bridgehead atoms. The molecule has 2 aliphatic heterocycles. The molecule has 0 aliphatic carbocycles. The highest BCUT2D eigenvalue weighted by atomic mass is 16.5. The Morgan fingerprint density at radius 3 is 2.94 bits per heavy atom. The van der Waals surface area contributed by atoms with Crippen molar-refractivity contribution in [1.29, 1.82) is 0 Å². The van der Waals surface area contributed by atoms with Gasteiger partial charge in [0.05, 0.1) is 13.2 Å². The molecule has 0 radical (unpaired) electrons. The zero-order valence-corrected chi connectivity index (χ0v) is 10.8. The van der Waals surface area contributed by atoms with Crippen molar-refractivity contribution in [2.24, 2.45) is 0 Å². The lowest BCUT2D eigenvalue weighted by Gasteiger charge is -2.41. The standard InChI is InChI=1S/C13H26N2O/c1-3-12-10-16-9-8-15(12)11-13(4-2)6-5-7-14-13/h12,14H,3-11H2,1-2H3. The minimum Gasteiger partial charge on any atom is -0.378 e. The van der Waals surface area contributed by atoms with E-state index in [-0.39, 0.29) is 0 Å². The van der Waals surface area contributed by atoms with Crippen molar-refractivity contribution < 1.29 is 4.74 Å². The van der Waals surface area contributed by atoms with Crippen LogP contribution in [-0.4, -0.2) is 49.3 Å². The Labute approximate surface area is 99.5 Å². The third-order valence-corrected chi connectivity index (χ3v) is 4.34. The average molecular weight is 226 g/mol. The highest BCUT2D eigenvalue weighted by Gasteiger charge is 2.35. The second-order valence-corrected chi connectivity index (χ2v) is 5.27. The predicted octanol–water partition coefficient (Wildman–Crippen LogP) is 1.63. The largest absolute Gasteiger partial charge is 0.378 e. The third-order valence-electron chi connectivity index (χ3n) is 4.34. The predicted molar refractivity (Wildman–Crippen MR) is 66.7 cm³/mol. The van der Waals surface area contributed by atoms with Gasteiger partial charge in [0, 0.05) is 24.7 Å². The third kappa shape index (κ3) is 2.58. The van der Waals surface area contributed by atoms with Crippen LogP contribution >= 0.6 is 0 Å². The van der Waals surface area contributed by atoms with Gasteiger partial charge in [-0.25, -0.2) is 0 Å². The summed E-state index contributed by atoms with van der Waals surface area (Å²) in [5.41, 5.74) is 0.394. The topological polar surface area (TPSA) is 24.5 Å². The van der Waals surface area contributed by atoms with Gasteiger partial charge in [0.1, 0.15) is 0 Å². The molecule has 0 saturated carbocycles. The average Bonchev–Trinajstić information content (AvgIpc) is 2.79. The normalized spacial score (nSPS) is 36.8. The van der Waals surface area contributed by atoms with Crippen molar-refractivity contribution >= 4 is 0 Å². The Bertz CT molecular complexity index is 214. The lowest BCUT2D eigenvalue weighted by Crippen LogP contribution is -2.55. The fourth-order valence-corrected chi connectivity index (χ4v) is 3.08.